The van der Waals surface area contributed by atoms with Crippen LogP contribution in [-0.2, 0) is 17.9 Å². The van der Waals surface area contributed by atoms with Gasteiger partial charge >= 0.3 is 0 Å². The zero-order chi connectivity index (χ0) is 24.9. The first-order valence-corrected chi connectivity index (χ1v) is 11.7. The molecule has 2 aromatic carbocycles. The number of amides is 3. The van der Waals surface area contributed by atoms with E-state index in [0.29, 0.717) is 11.0 Å². The van der Waals surface area contributed by atoms with E-state index in [9.17, 15) is 18.8 Å². The highest BCUT2D eigenvalue weighted by molar-refractivity contribution is 9.10. The molecule has 0 aliphatic carbocycles. The number of nitrogens with two attached hydrogens (primary N) is 1. The average Bonchev–Trinajstić information content (AvgIpc) is 3.31. The summed E-state index contributed by atoms with van der Waals surface area (Å²) in [5, 5.41) is 2.82. The fraction of sp³-hybridized carbons (Fsp3) is 0.200. The molecule has 1 aromatic heterocycles. The van der Waals surface area contributed by atoms with E-state index in [-0.39, 0.29) is 30.8 Å². The van der Waals surface area contributed by atoms with E-state index in [0.717, 1.165) is 17.2 Å². The van der Waals surface area contributed by atoms with Crippen molar-refractivity contribution in [2.75, 3.05) is 13.1 Å². The van der Waals surface area contributed by atoms with Gasteiger partial charge in [-0.25, -0.2) is 4.39 Å². The molecule has 3 N–H and O–H groups in total. The molecule has 0 saturated carbocycles. The van der Waals surface area contributed by atoms with E-state index in [1.165, 1.54) is 34.2 Å². The largest absolute Gasteiger partial charge is 0.349 e. The number of nitrogens with zero attached hydrogens (tertiary/aromatic N) is 3. The maximum absolute atomic E-state index is 13.8. The molecule has 8 nitrogen and oxygen atoms in total. The van der Waals surface area contributed by atoms with Crippen molar-refractivity contribution in [2.24, 2.45) is 5.73 Å². The predicted octanol–water partition coefficient (Wildman–Crippen LogP) is 2.68. The number of hydrogen-bond acceptors (Lipinski definition) is 5. The number of nitrogens with one attached hydrogen (secondary N) is 1. The van der Waals surface area contributed by atoms with Crippen molar-refractivity contribution in [3.8, 4) is 0 Å². The molecule has 4 rings (SSSR count). The highest BCUT2D eigenvalue weighted by atomic mass is 79.9. The molecule has 0 radical (unpaired) electrons. The zero-order valence-electron chi connectivity index (χ0n) is 18.7. The number of halogens is 2. The average molecular weight is 540 g/mol. The molecule has 1 atom stereocenters. The first kappa shape index (κ1) is 24.5. The van der Waals surface area contributed by atoms with Gasteiger partial charge in [0.25, 0.3) is 17.7 Å². The van der Waals surface area contributed by atoms with Crippen LogP contribution < -0.4 is 11.1 Å². The van der Waals surface area contributed by atoms with Crippen LogP contribution in [0.2, 0.25) is 0 Å². The first-order valence-electron chi connectivity index (χ1n) is 10.9. The molecule has 180 valence electrons. The number of aromatic nitrogens is 1. The van der Waals surface area contributed by atoms with Gasteiger partial charge in [-0.1, -0.05) is 30.3 Å². The molecule has 1 aliphatic heterocycles. The number of carbonyl (C=O) groups is 3. The van der Waals surface area contributed by atoms with E-state index >= 15 is 0 Å². The van der Waals surface area contributed by atoms with Crippen molar-refractivity contribution in [3.05, 3.63) is 99.5 Å². The summed E-state index contributed by atoms with van der Waals surface area (Å²) in [4.78, 5) is 46.5. The van der Waals surface area contributed by atoms with E-state index < -0.39 is 29.7 Å². The lowest BCUT2D eigenvalue weighted by atomic mass is 10.1. The van der Waals surface area contributed by atoms with Crippen molar-refractivity contribution >= 4 is 33.7 Å². The van der Waals surface area contributed by atoms with E-state index in [1.54, 1.807) is 12.3 Å². The number of hydrogen-bond donors (Lipinski definition) is 2. The van der Waals surface area contributed by atoms with Gasteiger partial charge in [-0.3, -0.25) is 19.4 Å². The SMILES string of the molecule is NCc1cccc(CNC(=O)C2N(C(=O)c3cccc(F)c3)CCN2C(=O)c2cncc(Br)c2)c1. The van der Waals surface area contributed by atoms with E-state index in [4.69, 9.17) is 5.73 Å². The third kappa shape index (κ3) is 5.55. The van der Waals surface area contributed by atoms with Crippen LogP contribution in [0.4, 0.5) is 4.39 Å². The quantitative estimate of drug-likeness (QED) is 0.500. The molecule has 3 aromatic rings. The second-order valence-electron chi connectivity index (χ2n) is 8.01. The molecule has 35 heavy (non-hydrogen) atoms. The number of pyridine rings is 1. The number of rotatable bonds is 6. The molecule has 1 unspecified atom stereocenters. The minimum Gasteiger partial charge on any atom is -0.349 e. The Bertz CT molecular complexity index is 1210. The first-order chi connectivity index (χ1) is 16.9. The lowest BCUT2D eigenvalue weighted by Crippen LogP contribution is -2.53. The van der Waals surface area contributed by atoms with Crippen LogP contribution in [0.15, 0.2) is 71.5 Å². The van der Waals surface area contributed by atoms with Gasteiger partial charge in [-0.2, -0.15) is 0 Å². The highest BCUT2D eigenvalue weighted by Crippen LogP contribution is 2.22. The summed E-state index contributed by atoms with van der Waals surface area (Å²) >= 11 is 3.30. The normalized spacial score (nSPS) is 15.2. The van der Waals surface area contributed by atoms with E-state index in [2.05, 4.69) is 26.2 Å². The standard InChI is InChI=1S/C25H23BrFN5O3/c26-20-10-19(14-29-15-20)25(35)32-8-7-31(24(34)18-5-2-6-21(27)11-18)23(32)22(33)30-13-17-4-1-3-16(9-17)12-28/h1-6,9-11,14-15,23H,7-8,12-13,28H2,(H,30,33). The van der Waals surface area contributed by atoms with Crippen LogP contribution in [0, 0.1) is 5.82 Å². The van der Waals surface area contributed by atoms with Crippen LogP contribution in [-0.4, -0.2) is 51.8 Å². The molecule has 1 aliphatic rings. The van der Waals surface area contributed by atoms with Crippen molar-refractivity contribution in [1.29, 1.82) is 0 Å². The summed E-state index contributed by atoms with van der Waals surface area (Å²) in [6.07, 6.45) is 1.73. The van der Waals surface area contributed by atoms with Gasteiger partial charge in [0.1, 0.15) is 5.82 Å². The van der Waals surface area contributed by atoms with Gasteiger partial charge in [0.2, 0.25) is 0 Å². The Balaban J connectivity index is 1.61. The maximum Gasteiger partial charge on any atom is 0.264 e. The Morgan fingerprint density at radius 1 is 0.971 bits per heavy atom. The van der Waals surface area contributed by atoms with Crippen molar-refractivity contribution in [3.63, 3.8) is 0 Å². The number of carbonyl (C=O) groups excluding carboxylic acids is 3. The second kappa shape index (κ2) is 10.7. The van der Waals surface area contributed by atoms with Gasteiger partial charge in [0.05, 0.1) is 5.56 Å². The third-order valence-electron chi connectivity index (χ3n) is 5.65. The molecule has 0 bridgehead atoms. The zero-order valence-corrected chi connectivity index (χ0v) is 20.2. The minimum absolute atomic E-state index is 0.0943. The monoisotopic (exact) mass is 539 g/mol. The summed E-state index contributed by atoms with van der Waals surface area (Å²) in [5.41, 5.74) is 7.81. The highest BCUT2D eigenvalue weighted by Gasteiger charge is 2.43. The third-order valence-corrected chi connectivity index (χ3v) is 6.08. The van der Waals surface area contributed by atoms with Crippen molar-refractivity contribution < 1.29 is 18.8 Å². The Morgan fingerprint density at radius 2 is 1.66 bits per heavy atom. The van der Waals surface area contributed by atoms with Crippen LogP contribution in [0.25, 0.3) is 0 Å². The molecule has 0 spiro atoms. The lowest BCUT2D eigenvalue weighted by molar-refractivity contribution is -0.128. The molecule has 10 heteroatoms. The smallest absolute Gasteiger partial charge is 0.264 e. The summed E-state index contributed by atoms with van der Waals surface area (Å²) in [6.45, 7) is 0.797. The molecular weight excluding hydrogens is 517 g/mol. The molecule has 3 amide bonds. The second-order valence-corrected chi connectivity index (χ2v) is 8.93. The maximum atomic E-state index is 13.8. The van der Waals surface area contributed by atoms with Gasteiger partial charge in [-0.05, 0) is 51.3 Å². The van der Waals surface area contributed by atoms with Crippen LogP contribution >= 0.6 is 15.9 Å². The van der Waals surface area contributed by atoms with Gasteiger partial charge < -0.3 is 20.9 Å². The Labute approximate surface area is 210 Å². The Morgan fingerprint density at radius 3 is 2.34 bits per heavy atom. The fourth-order valence-electron chi connectivity index (χ4n) is 3.97. The number of benzene rings is 2. The Kier molecular flexibility index (Phi) is 7.52. The molecule has 1 fully saturated rings. The van der Waals surface area contributed by atoms with Crippen LogP contribution in [0.3, 0.4) is 0 Å². The van der Waals surface area contributed by atoms with Crippen molar-refractivity contribution in [2.45, 2.75) is 19.3 Å². The summed E-state index contributed by atoms with van der Waals surface area (Å²) in [5.74, 6) is -2.08. The van der Waals surface area contributed by atoms with E-state index in [1.807, 2.05) is 24.3 Å². The molecule has 1 saturated heterocycles. The van der Waals surface area contributed by atoms with Crippen LogP contribution in [0.5, 0.6) is 0 Å². The van der Waals surface area contributed by atoms with Gasteiger partial charge in [0, 0.05) is 48.6 Å². The van der Waals surface area contributed by atoms with Crippen molar-refractivity contribution in [1.82, 2.24) is 20.1 Å². The Hall–Kier alpha value is -3.63. The van der Waals surface area contributed by atoms with Gasteiger partial charge in [0.15, 0.2) is 6.17 Å². The fourth-order valence-corrected chi connectivity index (χ4v) is 4.33. The minimum atomic E-state index is -1.21. The summed E-state index contributed by atoms with van der Waals surface area (Å²) in [7, 11) is 0. The van der Waals surface area contributed by atoms with Crippen LogP contribution in [0.1, 0.15) is 31.8 Å². The van der Waals surface area contributed by atoms with Gasteiger partial charge in [-0.15, -0.1) is 0 Å². The predicted molar refractivity (Wildman–Crippen MR) is 130 cm³/mol. The topological polar surface area (TPSA) is 109 Å². The summed E-state index contributed by atoms with van der Waals surface area (Å²) in [6, 6.07) is 14.3. The summed E-state index contributed by atoms with van der Waals surface area (Å²) < 4.78 is 14.4. The molecule has 2 heterocycles. The lowest BCUT2D eigenvalue weighted by Gasteiger charge is -2.29. The molecular formula is C25H23BrFN5O3.